The number of hydrogen-bond acceptors (Lipinski definition) is 5. The van der Waals surface area contributed by atoms with Crippen molar-refractivity contribution in [3.63, 3.8) is 0 Å². The summed E-state index contributed by atoms with van der Waals surface area (Å²) < 4.78 is 0.791. The van der Waals surface area contributed by atoms with E-state index in [1.54, 1.807) is 23.2 Å². The summed E-state index contributed by atoms with van der Waals surface area (Å²) in [5, 5.41) is 2.70. The first-order valence-corrected chi connectivity index (χ1v) is 10.9. The first kappa shape index (κ1) is 20.7. The maximum Gasteiger partial charge on any atom is 0.230 e. The number of aryl methyl sites for hydroxylation is 1. The number of nitrogens with zero attached hydrogens (tertiary/aromatic N) is 3. The number of carbonyl (C=O) groups is 1. The maximum absolute atomic E-state index is 12.3. The maximum atomic E-state index is 12.3. The lowest BCUT2D eigenvalue weighted by atomic mass is 10.2. The molecule has 1 aromatic carbocycles. The van der Waals surface area contributed by atoms with Crippen molar-refractivity contribution >= 4 is 51.0 Å². The average molecular weight is 432 g/mol. The van der Waals surface area contributed by atoms with E-state index in [1.807, 2.05) is 54.8 Å². The summed E-state index contributed by atoms with van der Waals surface area (Å²) in [6.45, 7) is 9.65. The van der Waals surface area contributed by atoms with Gasteiger partial charge in [0.2, 0.25) is 5.91 Å². The fourth-order valence-corrected chi connectivity index (χ4v) is 4.85. The molecule has 0 atom stereocenters. The Kier molecular flexibility index (Phi) is 7.02. The Morgan fingerprint density at radius 2 is 1.96 bits per heavy atom. The fourth-order valence-electron chi connectivity index (χ4n) is 2.85. The molecule has 0 saturated heterocycles. The number of anilines is 2. The summed E-state index contributed by atoms with van der Waals surface area (Å²) in [7, 11) is 0. The largest absolute Gasteiger partial charge is 0.289 e. The number of carbonyl (C=O) groups excluding carboxylic acids is 1. The number of halogens is 1. The zero-order chi connectivity index (χ0) is 20.1. The molecule has 3 aromatic rings. The van der Waals surface area contributed by atoms with Crippen molar-refractivity contribution in [3.05, 3.63) is 74.9 Å². The van der Waals surface area contributed by atoms with Gasteiger partial charge in [0.15, 0.2) is 5.13 Å². The van der Waals surface area contributed by atoms with E-state index in [1.165, 1.54) is 16.2 Å². The zero-order valence-electron chi connectivity index (χ0n) is 15.9. The summed E-state index contributed by atoms with van der Waals surface area (Å²) in [6, 6.07) is 11.9. The third-order valence-corrected chi connectivity index (χ3v) is 6.21. The Morgan fingerprint density at radius 3 is 2.57 bits per heavy atom. The van der Waals surface area contributed by atoms with E-state index in [9.17, 15) is 4.79 Å². The highest BCUT2D eigenvalue weighted by Crippen LogP contribution is 2.30. The van der Waals surface area contributed by atoms with Gasteiger partial charge in [0.1, 0.15) is 0 Å². The molecule has 0 radical (unpaired) electrons. The minimum Gasteiger partial charge on any atom is -0.289 e. The lowest BCUT2D eigenvalue weighted by molar-refractivity contribution is -0.115. The number of amides is 1. The van der Waals surface area contributed by atoms with Crippen molar-refractivity contribution in [1.29, 1.82) is 0 Å². The number of thiophene rings is 1. The van der Waals surface area contributed by atoms with Crippen LogP contribution in [0.2, 0.25) is 4.34 Å². The summed E-state index contributed by atoms with van der Waals surface area (Å²) in [5.41, 5.74) is 2.92. The molecule has 0 aliphatic rings. The topological polar surface area (TPSA) is 36.4 Å². The highest BCUT2D eigenvalue weighted by molar-refractivity contribution is 7.16. The van der Waals surface area contributed by atoms with Gasteiger partial charge in [-0.05, 0) is 31.2 Å². The molecule has 0 unspecified atom stereocenters. The van der Waals surface area contributed by atoms with E-state index in [0.717, 1.165) is 34.4 Å². The van der Waals surface area contributed by atoms with Gasteiger partial charge in [0, 0.05) is 36.8 Å². The van der Waals surface area contributed by atoms with Crippen LogP contribution < -0.4 is 4.90 Å². The van der Waals surface area contributed by atoms with Crippen molar-refractivity contribution in [2.24, 2.45) is 0 Å². The monoisotopic (exact) mass is 431 g/mol. The second-order valence-corrected chi connectivity index (χ2v) is 9.11. The first-order chi connectivity index (χ1) is 13.5. The molecule has 3 rings (SSSR count). The van der Waals surface area contributed by atoms with Crippen LogP contribution in [-0.2, 0) is 17.9 Å². The summed E-state index contributed by atoms with van der Waals surface area (Å²) in [6.07, 6.45) is 1.89. The second kappa shape index (κ2) is 9.47. The predicted octanol–water partition coefficient (Wildman–Crippen LogP) is 6.04. The van der Waals surface area contributed by atoms with Crippen molar-refractivity contribution in [3.8, 4) is 0 Å². The van der Waals surface area contributed by atoms with Crippen LogP contribution in [-0.4, -0.2) is 22.3 Å². The van der Waals surface area contributed by atoms with Crippen LogP contribution >= 0.6 is 34.3 Å². The quantitative estimate of drug-likeness (QED) is 0.408. The molecule has 0 fully saturated rings. The summed E-state index contributed by atoms with van der Waals surface area (Å²) in [4.78, 5) is 22.1. The van der Waals surface area contributed by atoms with Crippen LogP contribution in [0.3, 0.4) is 0 Å². The highest BCUT2D eigenvalue weighted by Gasteiger charge is 2.18. The van der Waals surface area contributed by atoms with Crippen LogP contribution in [0.5, 0.6) is 0 Å². The minimum absolute atomic E-state index is 0.0547. The number of benzene rings is 1. The van der Waals surface area contributed by atoms with Crippen molar-refractivity contribution in [2.45, 2.75) is 26.9 Å². The van der Waals surface area contributed by atoms with Gasteiger partial charge >= 0.3 is 0 Å². The predicted molar refractivity (Wildman–Crippen MR) is 120 cm³/mol. The van der Waals surface area contributed by atoms with Crippen LogP contribution in [0.1, 0.15) is 23.1 Å². The third-order valence-electron chi connectivity index (χ3n) is 4.12. The van der Waals surface area contributed by atoms with Gasteiger partial charge in [0.05, 0.1) is 15.7 Å². The van der Waals surface area contributed by atoms with Gasteiger partial charge in [0.25, 0.3) is 0 Å². The molecule has 7 heteroatoms. The van der Waals surface area contributed by atoms with E-state index >= 15 is 0 Å². The molecule has 0 bridgehead atoms. The molecular formula is C21H22ClN3OS2. The lowest BCUT2D eigenvalue weighted by Gasteiger charge is -2.19. The molecule has 1 amide bonds. The van der Waals surface area contributed by atoms with E-state index in [2.05, 4.69) is 11.5 Å². The molecular weight excluding hydrogens is 410 g/mol. The van der Waals surface area contributed by atoms with E-state index < -0.39 is 0 Å². The van der Waals surface area contributed by atoms with Crippen molar-refractivity contribution in [2.75, 3.05) is 11.4 Å². The molecule has 0 saturated carbocycles. The number of aromatic nitrogens is 1. The smallest absolute Gasteiger partial charge is 0.230 e. The summed E-state index contributed by atoms with van der Waals surface area (Å²) >= 11 is 9.11. The van der Waals surface area contributed by atoms with Gasteiger partial charge in [-0.2, -0.15) is 0 Å². The van der Waals surface area contributed by atoms with Crippen molar-refractivity contribution < 1.29 is 4.79 Å². The standard InChI is InChI=1S/C21H22ClN3OS2/c1-4-11-24(13-19-9-10-20(22)28-19)12-17-14-27-21(23-17)25(16(3)26)18-7-5-15(2)6-8-18/h4-10,14H,1,11-13H2,2-3H3. The second-order valence-electron chi connectivity index (χ2n) is 6.48. The van der Waals surface area contributed by atoms with E-state index in [4.69, 9.17) is 16.6 Å². The number of hydrogen-bond donors (Lipinski definition) is 0. The van der Waals surface area contributed by atoms with Gasteiger partial charge in [-0.3, -0.25) is 14.6 Å². The Morgan fingerprint density at radius 1 is 1.21 bits per heavy atom. The number of rotatable bonds is 8. The first-order valence-electron chi connectivity index (χ1n) is 8.85. The zero-order valence-corrected chi connectivity index (χ0v) is 18.3. The minimum atomic E-state index is -0.0547. The van der Waals surface area contributed by atoms with Gasteiger partial charge in [-0.25, -0.2) is 4.98 Å². The molecule has 0 spiro atoms. The molecule has 2 aromatic heterocycles. The molecule has 4 nitrogen and oxygen atoms in total. The Hall–Kier alpha value is -1.99. The average Bonchev–Trinajstić information content (AvgIpc) is 3.26. The molecule has 28 heavy (non-hydrogen) atoms. The molecule has 0 N–H and O–H groups in total. The highest BCUT2D eigenvalue weighted by atomic mass is 35.5. The van der Waals surface area contributed by atoms with E-state index in [0.29, 0.717) is 11.7 Å². The van der Waals surface area contributed by atoms with Gasteiger partial charge in [-0.15, -0.1) is 29.3 Å². The van der Waals surface area contributed by atoms with Gasteiger partial charge in [-0.1, -0.05) is 35.4 Å². The molecule has 0 aliphatic heterocycles. The van der Waals surface area contributed by atoms with Gasteiger partial charge < -0.3 is 0 Å². The lowest BCUT2D eigenvalue weighted by Crippen LogP contribution is -2.24. The third kappa shape index (κ3) is 5.29. The molecule has 2 heterocycles. The SMILES string of the molecule is C=CCN(Cc1csc(N(C(C)=O)c2ccc(C)cc2)n1)Cc1ccc(Cl)s1. The Labute approximate surface area is 178 Å². The van der Waals surface area contributed by atoms with Crippen LogP contribution in [0.4, 0.5) is 10.8 Å². The summed E-state index contributed by atoms with van der Waals surface area (Å²) in [5.74, 6) is -0.0547. The van der Waals surface area contributed by atoms with E-state index in [-0.39, 0.29) is 5.91 Å². The van der Waals surface area contributed by atoms with Crippen LogP contribution in [0, 0.1) is 6.92 Å². The molecule has 0 aliphatic carbocycles. The fraction of sp³-hybridized carbons (Fsp3) is 0.238. The number of thiazole rings is 1. The van der Waals surface area contributed by atoms with Crippen molar-refractivity contribution in [1.82, 2.24) is 9.88 Å². The normalized spacial score (nSPS) is 11.0. The molecule has 146 valence electrons. The van der Waals surface area contributed by atoms with Crippen LogP contribution in [0.15, 0.2) is 54.4 Å². The Balaban J connectivity index is 1.77. The van der Waals surface area contributed by atoms with Crippen LogP contribution in [0.25, 0.3) is 0 Å². The Bertz CT molecular complexity index is 949.